The maximum Gasteiger partial charge on any atom is 0.387 e. The second kappa shape index (κ2) is 8.39. The Balaban J connectivity index is 1.50. The van der Waals surface area contributed by atoms with E-state index in [1.54, 1.807) is 24.5 Å². The van der Waals surface area contributed by atoms with E-state index in [1.165, 1.54) is 36.0 Å². The number of nitrogens with zero attached hydrogens (tertiary/aromatic N) is 3. The molecule has 0 aliphatic heterocycles. The van der Waals surface area contributed by atoms with Gasteiger partial charge in [0, 0.05) is 23.6 Å². The molecule has 0 atom stereocenters. The molecule has 7 nitrogen and oxygen atoms in total. The molecule has 0 aliphatic rings. The van der Waals surface area contributed by atoms with Gasteiger partial charge in [-0.15, -0.1) is 5.10 Å². The fourth-order valence-electron chi connectivity index (χ4n) is 2.00. The van der Waals surface area contributed by atoms with E-state index in [0.717, 1.165) is 5.56 Å². The smallest absolute Gasteiger partial charge is 0.387 e. The molecule has 0 saturated heterocycles. The molecule has 0 radical (unpaired) electrons. The van der Waals surface area contributed by atoms with Gasteiger partial charge in [-0.05, 0) is 36.4 Å². The molecular weight excluding hydrogens is 364 g/mol. The van der Waals surface area contributed by atoms with E-state index in [2.05, 4.69) is 30.2 Å². The zero-order chi connectivity index (χ0) is 18.4. The minimum atomic E-state index is -2.88. The van der Waals surface area contributed by atoms with Crippen LogP contribution in [0.15, 0.2) is 53.9 Å². The van der Waals surface area contributed by atoms with Crippen LogP contribution >= 0.6 is 11.8 Å². The number of aromatic amines is 1. The quantitative estimate of drug-likeness (QED) is 0.614. The van der Waals surface area contributed by atoms with Crippen molar-refractivity contribution in [1.82, 2.24) is 20.2 Å². The number of aromatic nitrogens is 4. The highest BCUT2D eigenvalue weighted by Crippen LogP contribution is 2.20. The SMILES string of the molecule is O=C(CSc1n[nH]c(-c2ccncc2)n1)Nc1ccc(OC(F)F)cc1. The Hall–Kier alpha value is -3.01. The summed E-state index contributed by atoms with van der Waals surface area (Å²) in [4.78, 5) is 20.2. The van der Waals surface area contributed by atoms with Crippen LogP contribution in [0.2, 0.25) is 0 Å². The third-order valence-electron chi connectivity index (χ3n) is 3.11. The zero-order valence-electron chi connectivity index (χ0n) is 13.2. The summed E-state index contributed by atoms with van der Waals surface area (Å²) in [5.74, 6) is 0.442. The van der Waals surface area contributed by atoms with Crippen LogP contribution < -0.4 is 10.1 Å². The lowest BCUT2D eigenvalue weighted by Crippen LogP contribution is -2.14. The molecule has 0 unspecified atom stereocenters. The largest absolute Gasteiger partial charge is 0.435 e. The fourth-order valence-corrected chi connectivity index (χ4v) is 2.60. The van der Waals surface area contributed by atoms with E-state index in [9.17, 15) is 13.6 Å². The minimum absolute atomic E-state index is 0.0248. The highest BCUT2D eigenvalue weighted by atomic mass is 32.2. The number of benzene rings is 1. The molecule has 2 N–H and O–H groups in total. The zero-order valence-corrected chi connectivity index (χ0v) is 14.0. The average molecular weight is 377 g/mol. The van der Waals surface area contributed by atoms with Crippen LogP contribution in [0.3, 0.4) is 0 Å². The van der Waals surface area contributed by atoms with Crippen molar-refractivity contribution in [3.63, 3.8) is 0 Å². The van der Waals surface area contributed by atoms with Gasteiger partial charge in [0.1, 0.15) is 5.75 Å². The monoisotopic (exact) mass is 377 g/mol. The van der Waals surface area contributed by atoms with Crippen molar-refractivity contribution in [2.75, 3.05) is 11.1 Å². The highest BCUT2D eigenvalue weighted by molar-refractivity contribution is 7.99. The predicted molar refractivity (Wildman–Crippen MR) is 92.0 cm³/mol. The number of carbonyl (C=O) groups excluding carboxylic acids is 1. The van der Waals surface area contributed by atoms with Gasteiger partial charge in [-0.25, -0.2) is 4.98 Å². The normalized spacial score (nSPS) is 10.7. The predicted octanol–water partition coefficient (Wildman–Crippen LogP) is 3.20. The number of rotatable bonds is 7. The van der Waals surface area contributed by atoms with Crippen LogP contribution in [-0.2, 0) is 4.79 Å². The van der Waals surface area contributed by atoms with Gasteiger partial charge in [-0.3, -0.25) is 14.9 Å². The van der Waals surface area contributed by atoms with Crippen molar-refractivity contribution in [3.8, 4) is 17.1 Å². The van der Waals surface area contributed by atoms with Crippen molar-refractivity contribution in [3.05, 3.63) is 48.8 Å². The lowest BCUT2D eigenvalue weighted by Gasteiger charge is -2.07. The molecule has 0 bridgehead atoms. The molecule has 3 aromatic rings. The molecule has 0 fully saturated rings. The van der Waals surface area contributed by atoms with Gasteiger partial charge in [0.2, 0.25) is 11.1 Å². The summed E-state index contributed by atoms with van der Waals surface area (Å²) >= 11 is 1.17. The van der Waals surface area contributed by atoms with Gasteiger partial charge in [-0.2, -0.15) is 8.78 Å². The van der Waals surface area contributed by atoms with Crippen molar-refractivity contribution in [1.29, 1.82) is 0 Å². The summed E-state index contributed by atoms with van der Waals surface area (Å²) in [5, 5.41) is 9.94. The van der Waals surface area contributed by atoms with E-state index in [4.69, 9.17) is 0 Å². The molecule has 0 aliphatic carbocycles. The van der Waals surface area contributed by atoms with Crippen LogP contribution in [0.1, 0.15) is 0 Å². The Morgan fingerprint density at radius 1 is 1.19 bits per heavy atom. The number of thioether (sulfide) groups is 1. The second-order valence-electron chi connectivity index (χ2n) is 4.94. The maximum atomic E-state index is 12.1. The highest BCUT2D eigenvalue weighted by Gasteiger charge is 2.10. The van der Waals surface area contributed by atoms with E-state index in [1.807, 2.05) is 0 Å². The topological polar surface area (TPSA) is 92.8 Å². The van der Waals surface area contributed by atoms with Gasteiger partial charge in [0.05, 0.1) is 5.75 Å². The Morgan fingerprint density at radius 3 is 2.62 bits per heavy atom. The van der Waals surface area contributed by atoms with Crippen LogP contribution in [0.4, 0.5) is 14.5 Å². The lowest BCUT2D eigenvalue weighted by molar-refractivity contribution is -0.113. The van der Waals surface area contributed by atoms with E-state index in [-0.39, 0.29) is 17.4 Å². The van der Waals surface area contributed by atoms with E-state index < -0.39 is 6.61 Å². The molecule has 2 aromatic heterocycles. The standard InChI is InChI=1S/C16H13F2N5O2S/c17-15(18)25-12-3-1-11(2-4-12)20-13(24)9-26-16-21-14(22-23-16)10-5-7-19-8-6-10/h1-8,15H,9H2,(H,20,24)(H,21,22,23). The molecule has 0 saturated carbocycles. The summed E-state index contributed by atoms with van der Waals surface area (Å²) in [6.07, 6.45) is 3.30. The van der Waals surface area contributed by atoms with Crippen molar-refractivity contribution in [2.45, 2.75) is 11.8 Å². The number of nitrogens with one attached hydrogen (secondary N) is 2. The Morgan fingerprint density at radius 2 is 1.92 bits per heavy atom. The third kappa shape index (κ3) is 4.99. The van der Waals surface area contributed by atoms with Crippen LogP contribution in [0.25, 0.3) is 11.4 Å². The van der Waals surface area contributed by atoms with E-state index in [0.29, 0.717) is 16.7 Å². The number of hydrogen-bond donors (Lipinski definition) is 2. The summed E-state index contributed by atoms with van der Waals surface area (Å²) in [6.45, 7) is -2.88. The van der Waals surface area contributed by atoms with Crippen LogP contribution in [-0.4, -0.2) is 38.4 Å². The second-order valence-corrected chi connectivity index (χ2v) is 5.88. The van der Waals surface area contributed by atoms with Gasteiger partial charge in [-0.1, -0.05) is 11.8 Å². The Bertz CT molecular complexity index is 859. The summed E-state index contributed by atoms with van der Waals surface area (Å²) in [5.41, 5.74) is 1.32. The Labute approximate surface area is 151 Å². The molecule has 134 valence electrons. The first kappa shape index (κ1) is 17.8. The average Bonchev–Trinajstić information content (AvgIpc) is 3.11. The Kier molecular flexibility index (Phi) is 5.74. The molecule has 1 amide bonds. The number of alkyl halides is 2. The van der Waals surface area contributed by atoms with Crippen LogP contribution in [0, 0.1) is 0 Å². The number of anilines is 1. The summed E-state index contributed by atoms with van der Waals surface area (Å²) in [7, 11) is 0. The van der Waals surface area contributed by atoms with Crippen molar-refractivity contribution < 1.29 is 18.3 Å². The van der Waals surface area contributed by atoms with Gasteiger partial charge >= 0.3 is 6.61 Å². The molecule has 10 heteroatoms. The number of ether oxygens (including phenoxy) is 1. The number of carbonyl (C=O) groups is 1. The van der Waals surface area contributed by atoms with Gasteiger partial charge in [0.25, 0.3) is 0 Å². The van der Waals surface area contributed by atoms with Gasteiger partial charge < -0.3 is 10.1 Å². The number of pyridine rings is 1. The number of hydrogen-bond acceptors (Lipinski definition) is 6. The molecular formula is C16H13F2N5O2S. The van der Waals surface area contributed by atoms with E-state index >= 15 is 0 Å². The minimum Gasteiger partial charge on any atom is -0.435 e. The number of amides is 1. The molecule has 2 heterocycles. The first-order chi connectivity index (χ1) is 12.6. The third-order valence-corrected chi connectivity index (χ3v) is 3.96. The van der Waals surface area contributed by atoms with Crippen molar-refractivity contribution >= 4 is 23.4 Å². The maximum absolute atomic E-state index is 12.1. The number of halogens is 2. The van der Waals surface area contributed by atoms with Gasteiger partial charge in [0.15, 0.2) is 5.82 Å². The molecule has 3 rings (SSSR count). The molecule has 0 spiro atoms. The molecule has 26 heavy (non-hydrogen) atoms. The fraction of sp³-hybridized carbons (Fsp3) is 0.125. The summed E-state index contributed by atoms with van der Waals surface area (Å²) < 4.78 is 28.4. The first-order valence-corrected chi connectivity index (χ1v) is 8.39. The van der Waals surface area contributed by atoms with Crippen molar-refractivity contribution in [2.24, 2.45) is 0 Å². The molecule has 1 aromatic carbocycles. The number of H-pyrrole nitrogens is 1. The first-order valence-electron chi connectivity index (χ1n) is 7.40. The van der Waals surface area contributed by atoms with Crippen LogP contribution in [0.5, 0.6) is 5.75 Å². The summed E-state index contributed by atoms with van der Waals surface area (Å²) in [6, 6.07) is 9.26. The lowest BCUT2D eigenvalue weighted by atomic mass is 10.3.